The number of aliphatic imine (C=N–C) groups is 1. The van der Waals surface area contributed by atoms with E-state index in [0.29, 0.717) is 13.0 Å². The van der Waals surface area contributed by atoms with Crippen LogP contribution in [0.1, 0.15) is 6.42 Å². The van der Waals surface area contributed by atoms with Crippen molar-refractivity contribution in [1.82, 2.24) is 0 Å². The number of nitrogens with zero attached hydrogens (tertiary/aromatic N) is 1. The Kier molecular flexibility index (Phi) is 2.63. The van der Waals surface area contributed by atoms with E-state index in [1.807, 2.05) is 24.3 Å². The monoisotopic (exact) mass is 253 g/mol. The molecule has 14 heavy (non-hydrogen) atoms. The van der Waals surface area contributed by atoms with Gasteiger partial charge in [0.2, 0.25) is 0 Å². The lowest BCUT2D eigenvalue weighted by molar-refractivity contribution is -0.137. The molecule has 1 saturated heterocycles. The summed E-state index contributed by atoms with van der Waals surface area (Å²) in [5.74, 6) is -0.196. The quantitative estimate of drug-likeness (QED) is 0.722. The topological polar surface area (TPSA) is 38.7 Å². The number of rotatable bonds is 1. The molecule has 1 aliphatic heterocycles. The fourth-order valence-electron chi connectivity index (χ4n) is 1.23. The third-order valence-corrected chi connectivity index (χ3v) is 2.34. The lowest BCUT2D eigenvalue weighted by Gasteiger charge is -1.95. The van der Waals surface area contributed by atoms with Crippen molar-refractivity contribution in [1.29, 1.82) is 0 Å². The average Bonchev–Trinajstić information content (AvgIpc) is 2.51. The molecule has 1 aromatic rings. The molecule has 0 amide bonds. The minimum absolute atomic E-state index is 0.196. The molecule has 0 aromatic heterocycles. The highest BCUT2D eigenvalue weighted by Gasteiger charge is 2.17. The van der Waals surface area contributed by atoms with E-state index in [0.717, 1.165) is 15.9 Å². The molecule has 0 radical (unpaired) electrons. The molecule has 0 unspecified atom stereocenters. The first kappa shape index (κ1) is 9.40. The summed E-state index contributed by atoms with van der Waals surface area (Å²) >= 11 is 3.36. The molecule has 1 heterocycles. The molecule has 0 saturated carbocycles. The van der Waals surface area contributed by atoms with Crippen LogP contribution < -0.4 is 0 Å². The minimum atomic E-state index is -0.196. The van der Waals surface area contributed by atoms with Gasteiger partial charge < -0.3 is 4.74 Å². The Bertz CT molecular complexity index is 401. The van der Waals surface area contributed by atoms with Gasteiger partial charge in [-0.05, 0) is 18.2 Å². The van der Waals surface area contributed by atoms with Gasteiger partial charge in [0.05, 0.1) is 17.8 Å². The zero-order valence-electron chi connectivity index (χ0n) is 7.37. The maximum Gasteiger partial charge on any atom is 0.312 e. The molecule has 4 heteroatoms. The number of halogens is 1. The van der Waals surface area contributed by atoms with Gasteiger partial charge in [0.25, 0.3) is 0 Å². The lowest BCUT2D eigenvalue weighted by atomic mass is 10.3. The predicted octanol–water partition coefficient (Wildman–Crippen LogP) is 2.47. The summed E-state index contributed by atoms with van der Waals surface area (Å²) in [7, 11) is 0. The van der Waals surface area contributed by atoms with Gasteiger partial charge in [0.1, 0.15) is 6.61 Å². The van der Waals surface area contributed by atoms with Crippen LogP contribution in [0.4, 0.5) is 5.69 Å². The Labute approximate surface area is 89.9 Å². The van der Waals surface area contributed by atoms with Crippen LogP contribution in [0.25, 0.3) is 0 Å². The van der Waals surface area contributed by atoms with Crippen molar-refractivity contribution >= 4 is 33.3 Å². The zero-order valence-corrected chi connectivity index (χ0v) is 8.95. The van der Waals surface area contributed by atoms with Gasteiger partial charge in [0, 0.05) is 4.47 Å². The summed E-state index contributed by atoms with van der Waals surface area (Å²) < 4.78 is 5.76. The van der Waals surface area contributed by atoms with E-state index in [9.17, 15) is 4.79 Å². The maximum atomic E-state index is 10.8. The van der Waals surface area contributed by atoms with Crippen molar-refractivity contribution in [2.75, 3.05) is 6.61 Å². The van der Waals surface area contributed by atoms with Gasteiger partial charge in [0.15, 0.2) is 0 Å². The fourth-order valence-corrected chi connectivity index (χ4v) is 1.62. The first-order valence-electron chi connectivity index (χ1n) is 4.22. The SMILES string of the molecule is O=C1CC(=Nc2cccc(Br)c2)CO1. The maximum absolute atomic E-state index is 10.8. The Morgan fingerprint density at radius 3 is 2.93 bits per heavy atom. The first-order chi connectivity index (χ1) is 6.74. The standard InChI is InChI=1S/C10H8BrNO2/c11-7-2-1-3-8(4-7)12-9-5-10(13)14-6-9/h1-4H,5-6H2. The van der Waals surface area contributed by atoms with Gasteiger partial charge in [-0.15, -0.1) is 0 Å². The second kappa shape index (κ2) is 3.92. The molecule has 0 aliphatic carbocycles. The molecule has 2 rings (SSSR count). The van der Waals surface area contributed by atoms with Gasteiger partial charge in [-0.1, -0.05) is 22.0 Å². The van der Waals surface area contributed by atoms with Crippen LogP contribution in [0.5, 0.6) is 0 Å². The number of esters is 1. The average molecular weight is 254 g/mol. The Balaban J connectivity index is 2.21. The molecule has 0 spiro atoms. The zero-order chi connectivity index (χ0) is 9.97. The highest BCUT2D eigenvalue weighted by Crippen LogP contribution is 2.19. The van der Waals surface area contributed by atoms with Crippen LogP contribution >= 0.6 is 15.9 Å². The van der Waals surface area contributed by atoms with E-state index in [-0.39, 0.29) is 5.97 Å². The summed E-state index contributed by atoms with van der Waals surface area (Å²) in [4.78, 5) is 15.1. The van der Waals surface area contributed by atoms with Gasteiger partial charge in [-0.2, -0.15) is 0 Å². The Hall–Kier alpha value is -1.16. The largest absolute Gasteiger partial charge is 0.459 e. The molecular formula is C10H8BrNO2. The normalized spacial score (nSPS) is 18.6. The summed E-state index contributed by atoms with van der Waals surface area (Å²) in [5.41, 5.74) is 1.63. The Morgan fingerprint density at radius 1 is 1.43 bits per heavy atom. The van der Waals surface area contributed by atoms with E-state index in [4.69, 9.17) is 4.74 Å². The summed E-state index contributed by atoms with van der Waals surface area (Å²) in [6, 6.07) is 7.62. The first-order valence-corrected chi connectivity index (χ1v) is 5.01. The number of hydrogen-bond donors (Lipinski definition) is 0. The third-order valence-electron chi connectivity index (χ3n) is 1.84. The minimum Gasteiger partial charge on any atom is -0.459 e. The van der Waals surface area contributed by atoms with Crippen molar-refractivity contribution in [3.63, 3.8) is 0 Å². The van der Waals surface area contributed by atoms with Crippen LogP contribution in [-0.2, 0) is 9.53 Å². The molecule has 1 aromatic carbocycles. The molecule has 1 aliphatic rings. The number of benzene rings is 1. The molecule has 1 fully saturated rings. The Morgan fingerprint density at radius 2 is 2.29 bits per heavy atom. The van der Waals surface area contributed by atoms with Crippen molar-refractivity contribution in [3.8, 4) is 0 Å². The number of carbonyl (C=O) groups excluding carboxylic acids is 1. The number of ether oxygens (including phenoxy) is 1. The number of carbonyl (C=O) groups is 1. The van der Waals surface area contributed by atoms with Gasteiger partial charge in [-0.25, -0.2) is 0 Å². The third kappa shape index (κ3) is 2.20. The summed E-state index contributed by atoms with van der Waals surface area (Å²) in [6.07, 6.45) is 0.312. The van der Waals surface area contributed by atoms with Crippen molar-refractivity contribution < 1.29 is 9.53 Å². The molecule has 72 valence electrons. The van der Waals surface area contributed by atoms with E-state index in [2.05, 4.69) is 20.9 Å². The molecule has 0 bridgehead atoms. The van der Waals surface area contributed by atoms with Crippen LogP contribution in [0.15, 0.2) is 33.7 Å². The predicted molar refractivity (Wildman–Crippen MR) is 56.8 cm³/mol. The number of hydrogen-bond acceptors (Lipinski definition) is 3. The van der Waals surface area contributed by atoms with Crippen LogP contribution in [-0.4, -0.2) is 18.3 Å². The van der Waals surface area contributed by atoms with Gasteiger partial charge in [-0.3, -0.25) is 9.79 Å². The van der Waals surface area contributed by atoms with Crippen molar-refractivity contribution in [2.45, 2.75) is 6.42 Å². The fraction of sp³-hybridized carbons (Fsp3) is 0.200. The van der Waals surface area contributed by atoms with Gasteiger partial charge >= 0.3 is 5.97 Å². The highest BCUT2D eigenvalue weighted by molar-refractivity contribution is 9.10. The molecular weight excluding hydrogens is 246 g/mol. The molecule has 0 N–H and O–H groups in total. The smallest absolute Gasteiger partial charge is 0.312 e. The highest BCUT2D eigenvalue weighted by atomic mass is 79.9. The van der Waals surface area contributed by atoms with Crippen molar-refractivity contribution in [2.24, 2.45) is 4.99 Å². The van der Waals surface area contributed by atoms with E-state index in [1.54, 1.807) is 0 Å². The second-order valence-electron chi connectivity index (χ2n) is 3.00. The summed E-state index contributed by atoms with van der Waals surface area (Å²) in [5, 5.41) is 0. The molecule has 0 atom stereocenters. The lowest BCUT2D eigenvalue weighted by Crippen LogP contribution is -1.94. The number of cyclic esters (lactones) is 1. The van der Waals surface area contributed by atoms with Crippen molar-refractivity contribution in [3.05, 3.63) is 28.7 Å². The van der Waals surface area contributed by atoms with E-state index < -0.39 is 0 Å². The van der Waals surface area contributed by atoms with E-state index in [1.165, 1.54) is 0 Å². The van der Waals surface area contributed by atoms with Crippen LogP contribution in [0.2, 0.25) is 0 Å². The van der Waals surface area contributed by atoms with Crippen LogP contribution in [0, 0.1) is 0 Å². The van der Waals surface area contributed by atoms with E-state index >= 15 is 0 Å². The molecule has 3 nitrogen and oxygen atoms in total. The second-order valence-corrected chi connectivity index (χ2v) is 3.91. The van der Waals surface area contributed by atoms with Crippen LogP contribution in [0.3, 0.4) is 0 Å². The summed E-state index contributed by atoms with van der Waals surface area (Å²) in [6.45, 7) is 0.325.